The fraction of sp³-hybridized carbons (Fsp3) is 0.467. The first-order valence-corrected chi connectivity index (χ1v) is 8.05. The predicted octanol–water partition coefficient (Wildman–Crippen LogP) is 3.77. The van der Waals surface area contributed by atoms with Crippen LogP contribution in [0.3, 0.4) is 0 Å². The number of aromatic nitrogens is 2. The molecule has 2 aromatic rings. The normalized spacial score (nSPS) is 19.8. The molecule has 1 saturated heterocycles. The van der Waals surface area contributed by atoms with E-state index in [0.717, 1.165) is 17.7 Å². The number of rotatable bonds is 3. The predicted molar refractivity (Wildman–Crippen MR) is 82.9 cm³/mol. The van der Waals surface area contributed by atoms with Crippen LogP contribution in [0.2, 0.25) is 0 Å². The van der Waals surface area contributed by atoms with E-state index in [9.17, 15) is 0 Å². The highest BCUT2D eigenvalue weighted by Crippen LogP contribution is 2.30. The third-order valence-electron chi connectivity index (χ3n) is 3.89. The van der Waals surface area contributed by atoms with E-state index in [2.05, 4.69) is 55.3 Å². The van der Waals surface area contributed by atoms with Crippen LogP contribution in [0.25, 0.3) is 10.8 Å². The number of hydrogen-bond donors (Lipinski definition) is 0. The maximum Gasteiger partial charge on any atom is 0.159 e. The zero-order valence-electron chi connectivity index (χ0n) is 10.9. The molecule has 1 aliphatic rings. The van der Waals surface area contributed by atoms with Gasteiger partial charge in [-0.3, -0.25) is 0 Å². The third-order valence-corrected chi connectivity index (χ3v) is 4.35. The first-order chi connectivity index (χ1) is 9.40. The lowest BCUT2D eigenvalue weighted by Gasteiger charge is -2.36. The van der Waals surface area contributed by atoms with Crippen LogP contribution < -0.4 is 4.90 Å². The molecular weight excluding hydrogens is 302 g/mol. The van der Waals surface area contributed by atoms with Gasteiger partial charge in [-0.2, -0.15) is 5.10 Å². The fourth-order valence-electron chi connectivity index (χ4n) is 2.93. The number of anilines is 1. The van der Waals surface area contributed by atoms with E-state index in [1.165, 1.54) is 36.5 Å². The zero-order chi connectivity index (χ0) is 13.1. The number of halogens is 1. The highest BCUT2D eigenvalue weighted by atomic mass is 79.9. The largest absolute Gasteiger partial charge is 0.352 e. The van der Waals surface area contributed by atoms with Gasteiger partial charge in [0.1, 0.15) is 0 Å². The van der Waals surface area contributed by atoms with Crippen molar-refractivity contribution in [3.63, 3.8) is 0 Å². The second-order valence-electron chi connectivity index (χ2n) is 5.08. The molecule has 0 bridgehead atoms. The number of nitrogens with zero attached hydrogens (tertiary/aromatic N) is 3. The Bertz CT molecular complexity index is 551. The average Bonchev–Trinajstić information content (AvgIpc) is 2.48. The van der Waals surface area contributed by atoms with Crippen molar-refractivity contribution in [2.24, 2.45) is 0 Å². The smallest absolute Gasteiger partial charge is 0.159 e. The maximum absolute atomic E-state index is 4.42. The summed E-state index contributed by atoms with van der Waals surface area (Å²) in [5.74, 6) is 1.06. The summed E-state index contributed by atoms with van der Waals surface area (Å²) < 4.78 is 0. The van der Waals surface area contributed by atoms with Crippen molar-refractivity contribution in [1.82, 2.24) is 10.2 Å². The van der Waals surface area contributed by atoms with Crippen molar-refractivity contribution in [3.8, 4) is 0 Å². The number of alkyl halides is 1. The summed E-state index contributed by atoms with van der Waals surface area (Å²) >= 11 is 3.57. The minimum Gasteiger partial charge on any atom is -0.352 e. The Hall–Kier alpha value is -1.16. The molecule has 0 amide bonds. The highest BCUT2D eigenvalue weighted by Gasteiger charge is 2.24. The van der Waals surface area contributed by atoms with Crippen LogP contribution in [0.4, 0.5) is 5.82 Å². The Kier molecular flexibility index (Phi) is 3.97. The molecule has 0 spiro atoms. The first-order valence-electron chi connectivity index (χ1n) is 6.93. The van der Waals surface area contributed by atoms with Crippen molar-refractivity contribution in [1.29, 1.82) is 0 Å². The van der Waals surface area contributed by atoms with Gasteiger partial charge < -0.3 is 4.90 Å². The first kappa shape index (κ1) is 12.9. The van der Waals surface area contributed by atoms with E-state index in [4.69, 9.17) is 0 Å². The van der Waals surface area contributed by atoms with Crippen molar-refractivity contribution >= 4 is 32.5 Å². The van der Waals surface area contributed by atoms with Crippen LogP contribution in [-0.2, 0) is 0 Å². The van der Waals surface area contributed by atoms with E-state index in [0.29, 0.717) is 6.04 Å². The maximum atomic E-state index is 4.42. The molecule has 3 nitrogen and oxygen atoms in total. The summed E-state index contributed by atoms with van der Waals surface area (Å²) in [6, 6.07) is 8.99. The molecule has 1 atom stereocenters. The molecule has 1 fully saturated rings. The summed E-state index contributed by atoms with van der Waals surface area (Å²) in [4.78, 5) is 2.46. The van der Waals surface area contributed by atoms with Crippen LogP contribution in [0.1, 0.15) is 25.7 Å². The monoisotopic (exact) mass is 319 g/mol. The molecule has 2 heterocycles. The molecule has 0 N–H and O–H groups in total. The summed E-state index contributed by atoms with van der Waals surface area (Å²) in [5, 5.41) is 12.0. The SMILES string of the molecule is BrCCC1CCCCN1c1nncc2ccccc12. The highest BCUT2D eigenvalue weighted by molar-refractivity contribution is 9.09. The summed E-state index contributed by atoms with van der Waals surface area (Å²) in [6.07, 6.45) is 6.86. The molecule has 4 heteroatoms. The summed E-state index contributed by atoms with van der Waals surface area (Å²) in [6.45, 7) is 1.10. The van der Waals surface area contributed by atoms with Crippen molar-refractivity contribution in [2.75, 3.05) is 16.8 Å². The molecule has 1 aliphatic heterocycles. The number of benzene rings is 1. The minimum absolute atomic E-state index is 0.591. The van der Waals surface area contributed by atoms with E-state index in [-0.39, 0.29) is 0 Å². The average molecular weight is 320 g/mol. The van der Waals surface area contributed by atoms with Crippen molar-refractivity contribution < 1.29 is 0 Å². The lowest BCUT2D eigenvalue weighted by molar-refractivity contribution is 0.449. The van der Waals surface area contributed by atoms with Gasteiger partial charge in [0, 0.05) is 28.7 Å². The van der Waals surface area contributed by atoms with E-state index in [1.807, 2.05) is 6.20 Å². The molecule has 100 valence electrons. The molecule has 0 radical (unpaired) electrons. The van der Waals surface area contributed by atoms with Gasteiger partial charge in [-0.05, 0) is 25.7 Å². The van der Waals surface area contributed by atoms with Gasteiger partial charge in [-0.15, -0.1) is 5.10 Å². The van der Waals surface area contributed by atoms with Crippen molar-refractivity contribution in [2.45, 2.75) is 31.7 Å². The van der Waals surface area contributed by atoms with Gasteiger partial charge in [0.25, 0.3) is 0 Å². The van der Waals surface area contributed by atoms with E-state index < -0.39 is 0 Å². The van der Waals surface area contributed by atoms with Gasteiger partial charge in [0.2, 0.25) is 0 Å². The second kappa shape index (κ2) is 5.87. The van der Waals surface area contributed by atoms with Crippen LogP contribution in [0.5, 0.6) is 0 Å². The number of fused-ring (bicyclic) bond motifs is 1. The van der Waals surface area contributed by atoms with Gasteiger partial charge in [-0.1, -0.05) is 40.2 Å². The van der Waals surface area contributed by atoms with Gasteiger partial charge >= 0.3 is 0 Å². The molecule has 1 aromatic heterocycles. The van der Waals surface area contributed by atoms with Gasteiger partial charge in [0.05, 0.1) is 6.20 Å². The molecule has 0 saturated carbocycles. The molecule has 3 rings (SSSR count). The fourth-order valence-corrected chi connectivity index (χ4v) is 3.46. The lowest BCUT2D eigenvalue weighted by atomic mass is 9.99. The topological polar surface area (TPSA) is 29.0 Å². The Balaban J connectivity index is 2.02. The Labute approximate surface area is 122 Å². The molecule has 1 unspecified atom stereocenters. The quantitative estimate of drug-likeness (QED) is 0.806. The van der Waals surface area contributed by atoms with Crippen LogP contribution >= 0.6 is 15.9 Å². The lowest BCUT2D eigenvalue weighted by Crippen LogP contribution is -2.40. The Morgan fingerprint density at radius 1 is 1.26 bits per heavy atom. The van der Waals surface area contributed by atoms with Crippen molar-refractivity contribution in [3.05, 3.63) is 30.5 Å². The van der Waals surface area contributed by atoms with E-state index >= 15 is 0 Å². The standard InChI is InChI=1S/C15H18BrN3/c16-9-8-13-6-3-4-10-19(13)15-14-7-2-1-5-12(14)11-17-18-15/h1-2,5,7,11,13H,3-4,6,8-10H2. The van der Waals surface area contributed by atoms with E-state index in [1.54, 1.807) is 0 Å². The Morgan fingerprint density at radius 2 is 2.16 bits per heavy atom. The third kappa shape index (κ3) is 2.59. The minimum atomic E-state index is 0.591. The summed E-state index contributed by atoms with van der Waals surface area (Å²) in [5.41, 5.74) is 0. The molecule has 0 aliphatic carbocycles. The zero-order valence-corrected chi connectivity index (χ0v) is 12.5. The Morgan fingerprint density at radius 3 is 3.05 bits per heavy atom. The molecule has 19 heavy (non-hydrogen) atoms. The van der Waals surface area contributed by atoms with Gasteiger partial charge in [0.15, 0.2) is 5.82 Å². The van der Waals surface area contributed by atoms with Gasteiger partial charge in [-0.25, -0.2) is 0 Å². The number of piperidine rings is 1. The van der Waals surface area contributed by atoms with Crippen LogP contribution in [-0.4, -0.2) is 28.1 Å². The second-order valence-corrected chi connectivity index (χ2v) is 5.87. The van der Waals surface area contributed by atoms with Crippen LogP contribution in [0.15, 0.2) is 30.5 Å². The molecular formula is C15H18BrN3. The summed E-state index contributed by atoms with van der Waals surface area (Å²) in [7, 11) is 0. The number of hydrogen-bond acceptors (Lipinski definition) is 3. The van der Waals surface area contributed by atoms with Crippen LogP contribution in [0, 0.1) is 0 Å². The molecule has 1 aromatic carbocycles.